The average molecular weight is 316 g/mol. The maximum atomic E-state index is 12.2. The summed E-state index contributed by atoms with van der Waals surface area (Å²) in [7, 11) is 0. The molecule has 0 unspecified atom stereocenters. The first-order chi connectivity index (χ1) is 9.85. The van der Waals surface area contributed by atoms with Crippen LogP contribution in [0, 0.1) is 13.8 Å². The zero-order chi connectivity index (χ0) is 15.5. The number of nitrogens with zero attached hydrogens (tertiary/aromatic N) is 1. The van der Waals surface area contributed by atoms with Gasteiger partial charge in [-0.3, -0.25) is 0 Å². The topological polar surface area (TPSA) is 34.2 Å². The van der Waals surface area contributed by atoms with Crippen LogP contribution in [-0.4, -0.2) is 17.8 Å². The summed E-state index contributed by atoms with van der Waals surface area (Å²) in [6.45, 7) is 3.03. The Balaban J connectivity index is 2.04. The molecular formula is C14H15F3N2OS. The molecule has 1 aromatic heterocycles. The maximum Gasteiger partial charge on any atom is 0.422 e. The Morgan fingerprint density at radius 1 is 1.24 bits per heavy atom. The molecule has 0 atom stereocenters. The van der Waals surface area contributed by atoms with Crippen molar-refractivity contribution < 1.29 is 17.9 Å². The third-order valence-electron chi connectivity index (χ3n) is 2.72. The second-order valence-electron chi connectivity index (χ2n) is 4.50. The van der Waals surface area contributed by atoms with Gasteiger partial charge in [0.1, 0.15) is 5.75 Å². The highest BCUT2D eigenvalue weighted by Gasteiger charge is 2.28. The number of rotatable bonds is 5. The van der Waals surface area contributed by atoms with Gasteiger partial charge in [0, 0.05) is 4.88 Å². The van der Waals surface area contributed by atoms with Gasteiger partial charge >= 0.3 is 6.18 Å². The van der Waals surface area contributed by atoms with E-state index in [4.69, 9.17) is 4.74 Å². The standard InChI is InChI=1S/C14H15F3N2OS/c1-9-13(21-10(2)19-9)7-18-11-5-3-4-6-12(11)20-8-14(15,16)17/h3-6,18H,7-8H2,1-2H3. The van der Waals surface area contributed by atoms with E-state index in [9.17, 15) is 13.2 Å². The minimum absolute atomic E-state index is 0.189. The van der Waals surface area contributed by atoms with E-state index in [2.05, 4.69) is 10.3 Å². The molecule has 2 aromatic rings. The van der Waals surface area contributed by atoms with Gasteiger partial charge in [-0.05, 0) is 26.0 Å². The summed E-state index contributed by atoms with van der Waals surface area (Å²) in [5.74, 6) is 0.189. The summed E-state index contributed by atoms with van der Waals surface area (Å²) in [4.78, 5) is 5.37. The predicted molar refractivity (Wildman–Crippen MR) is 76.9 cm³/mol. The third-order valence-corrected chi connectivity index (χ3v) is 3.79. The summed E-state index contributed by atoms with van der Waals surface area (Å²) < 4.78 is 41.5. The van der Waals surface area contributed by atoms with Crippen molar-refractivity contribution in [1.82, 2.24) is 4.98 Å². The van der Waals surface area contributed by atoms with Crippen LogP contribution in [0.25, 0.3) is 0 Å². The van der Waals surface area contributed by atoms with Crippen LogP contribution in [0.3, 0.4) is 0 Å². The monoisotopic (exact) mass is 316 g/mol. The number of nitrogens with one attached hydrogen (secondary N) is 1. The summed E-state index contributed by atoms with van der Waals surface area (Å²) >= 11 is 1.56. The second kappa shape index (κ2) is 6.34. The lowest BCUT2D eigenvalue weighted by atomic mass is 10.3. The summed E-state index contributed by atoms with van der Waals surface area (Å²) in [6, 6.07) is 6.58. The zero-order valence-corrected chi connectivity index (χ0v) is 12.4. The van der Waals surface area contributed by atoms with Crippen LogP contribution < -0.4 is 10.1 Å². The SMILES string of the molecule is Cc1nc(C)c(CNc2ccccc2OCC(F)(F)F)s1. The van der Waals surface area contributed by atoms with Crippen LogP contribution in [0.15, 0.2) is 24.3 Å². The molecule has 7 heteroatoms. The first-order valence-corrected chi connectivity index (χ1v) is 7.12. The number of ether oxygens (including phenoxy) is 1. The van der Waals surface area contributed by atoms with Crippen molar-refractivity contribution in [3.63, 3.8) is 0 Å². The van der Waals surface area contributed by atoms with Crippen molar-refractivity contribution in [3.8, 4) is 5.75 Å². The molecule has 114 valence electrons. The second-order valence-corrected chi connectivity index (χ2v) is 5.78. The molecule has 0 amide bonds. The molecule has 1 heterocycles. The van der Waals surface area contributed by atoms with Crippen molar-refractivity contribution in [2.45, 2.75) is 26.6 Å². The number of halogens is 3. The van der Waals surface area contributed by atoms with Gasteiger partial charge < -0.3 is 10.1 Å². The van der Waals surface area contributed by atoms with E-state index in [1.54, 1.807) is 29.5 Å². The van der Waals surface area contributed by atoms with Crippen molar-refractivity contribution in [2.24, 2.45) is 0 Å². The molecule has 0 saturated carbocycles. The van der Waals surface area contributed by atoms with Gasteiger partial charge in [-0.15, -0.1) is 11.3 Å². The predicted octanol–water partition coefficient (Wildman–Crippen LogP) is 4.31. The molecule has 1 N–H and O–H groups in total. The largest absolute Gasteiger partial charge is 0.482 e. The Hall–Kier alpha value is -1.76. The normalized spacial score (nSPS) is 11.5. The fraction of sp³-hybridized carbons (Fsp3) is 0.357. The van der Waals surface area contributed by atoms with Crippen LogP contribution in [0.1, 0.15) is 15.6 Å². The molecule has 0 fully saturated rings. The molecular weight excluding hydrogens is 301 g/mol. The molecule has 1 aromatic carbocycles. The van der Waals surface area contributed by atoms with Crippen molar-refractivity contribution in [1.29, 1.82) is 0 Å². The van der Waals surface area contributed by atoms with Gasteiger partial charge in [0.15, 0.2) is 6.61 Å². The summed E-state index contributed by atoms with van der Waals surface area (Å²) in [5.41, 5.74) is 1.46. The minimum Gasteiger partial charge on any atom is -0.482 e. The Labute approximate surface area is 124 Å². The fourth-order valence-corrected chi connectivity index (χ4v) is 2.69. The number of hydrogen-bond donors (Lipinski definition) is 1. The highest BCUT2D eigenvalue weighted by atomic mass is 32.1. The molecule has 0 radical (unpaired) electrons. The molecule has 0 aliphatic heterocycles. The van der Waals surface area contributed by atoms with Crippen molar-refractivity contribution in [2.75, 3.05) is 11.9 Å². The van der Waals surface area contributed by atoms with E-state index in [-0.39, 0.29) is 5.75 Å². The maximum absolute atomic E-state index is 12.2. The molecule has 21 heavy (non-hydrogen) atoms. The number of para-hydroxylation sites is 2. The fourth-order valence-electron chi connectivity index (χ4n) is 1.81. The molecule has 0 saturated heterocycles. The van der Waals surface area contributed by atoms with Gasteiger partial charge in [-0.25, -0.2) is 4.98 Å². The lowest BCUT2D eigenvalue weighted by Gasteiger charge is -2.14. The number of hydrogen-bond acceptors (Lipinski definition) is 4. The van der Waals surface area contributed by atoms with Crippen molar-refractivity contribution in [3.05, 3.63) is 39.8 Å². The number of aromatic nitrogens is 1. The lowest BCUT2D eigenvalue weighted by Crippen LogP contribution is -2.19. The van der Waals surface area contributed by atoms with E-state index in [1.165, 1.54) is 6.07 Å². The van der Waals surface area contributed by atoms with E-state index in [1.807, 2.05) is 13.8 Å². The molecule has 0 spiro atoms. The summed E-state index contributed by atoms with van der Waals surface area (Å²) in [5, 5.41) is 4.06. The average Bonchev–Trinajstić information content (AvgIpc) is 2.72. The van der Waals surface area contributed by atoms with Gasteiger partial charge in [-0.1, -0.05) is 12.1 Å². The molecule has 0 bridgehead atoms. The van der Waals surface area contributed by atoms with Gasteiger partial charge in [-0.2, -0.15) is 13.2 Å². The Morgan fingerprint density at radius 2 is 1.95 bits per heavy atom. The highest BCUT2D eigenvalue weighted by molar-refractivity contribution is 7.11. The smallest absolute Gasteiger partial charge is 0.422 e. The van der Waals surface area contributed by atoms with Crippen LogP contribution in [0.5, 0.6) is 5.75 Å². The number of anilines is 1. The first-order valence-electron chi connectivity index (χ1n) is 6.30. The Kier molecular flexibility index (Phi) is 4.72. The van der Waals surface area contributed by atoms with Gasteiger partial charge in [0.2, 0.25) is 0 Å². The molecule has 0 aliphatic carbocycles. The van der Waals surface area contributed by atoms with E-state index in [0.29, 0.717) is 12.2 Å². The van der Waals surface area contributed by atoms with Crippen molar-refractivity contribution >= 4 is 17.0 Å². The van der Waals surface area contributed by atoms with E-state index < -0.39 is 12.8 Å². The van der Waals surface area contributed by atoms with Crippen LogP contribution in [-0.2, 0) is 6.54 Å². The Morgan fingerprint density at radius 3 is 2.57 bits per heavy atom. The molecule has 0 aliphatic rings. The van der Waals surface area contributed by atoms with Crippen LogP contribution >= 0.6 is 11.3 Å². The van der Waals surface area contributed by atoms with Crippen LogP contribution in [0.2, 0.25) is 0 Å². The number of alkyl halides is 3. The quantitative estimate of drug-likeness (QED) is 0.892. The number of thiazole rings is 1. The lowest BCUT2D eigenvalue weighted by molar-refractivity contribution is -0.153. The molecule has 3 nitrogen and oxygen atoms in total. The van der Waals surface area contributed by atoms with E-state index in [0.717, 1.165) is 15.6 Å². The molecule has 2 rings (SSSR count). The summed E-state index contributed by atoms with van der Waals surface area (Å²) in [6.07, 6.45) is -4.35. The third kappa shape index (κ3) is 4.63. The van der Waals surface area contributed by atoms with E-state index >= 15 is 0 Å². The highest BCUT2D eigenvalue weighted by Crippen LogP contribution is 2.27. The zero-order valence-electron chi connectivity index (χ0n) is 11.6. The number of aryl methyl sites for hydroxylation is 2. The first kappa shape index (κ1) is 15.6. The van der Waals surface area contributed by atoms with Crippen LogP contribution in [0.4, 0.5) is 18.9 Å². The number of benzene rings is 1. The van der Waals surface area contributed by atoms with Gasteiger partial charge in [0.25, 0.3) is 0 Å². The van der Waals surface area contributed by atoms with Gasteiger partial charge in [0.05, 0.1) is 22.9 Å². The Bertz CT molecular complexity index is 611. The minimum atomic E-state index is -4.35.